The van der Waals surface area contributed by atoms with Gasteiger partial charge in [-0.2, -0.15) is 0 Å². The lowest BCUT2D eigenvalue weighted by Gasteiger charge is -2.13. The molecule has 0 unspecified atom stereocenters. The fraction of sp³-hybridized carbons (Fsp3) is 0.200. The number of halogens is 2. The maximum atomic E-state index is 13.6. The maximum absolute atomic E-state index is 13.6. The highest BCUT2D eigenvalue weighted by atomic mass is 32.2. The Bertz CT molecular complexity index is 1230. The van der Waals surface area contributed by atoms with Crippen LogP contribution in [0.3, 0.4) is 0 Å². The molecule has 0 spiro atoms. The van der Waals surface area contributed by atoms with Crippen LogP contribution >= 0.6 is 11.8 Å². The molecule has 1 heterocycles. The van der Waals surface area contributed by atoms with Crippen LogP contribution < -0.4 is 5.32 Å². The first-order chi connectivity index (χ1) is 14.1. The average molecular weight is 452 g/mol. The van der Waals surface area contributed by atoms with Gasteiger partial charge >= 0.3 is 0 Å². The summed E-state index contributed by atoms with van der Waals surface area (Å²) in [5.74, 6) is -2.06. The smallest absolute Gasteiger partial charge is 0.242 e. The van der Waals surface area contributed by atoms with Crippen molar-refractivity contribution in [2.24, 2.45) is 0 Å². The van der Waals surface area contributed by atoms with Crippen molar-refractivity contribution in [2.45, 2.75) is 16.8 Å². The van der Waals surface area contributed by atoms with Crippen molar-refractivity contribution >= 4 is 44.3 Å². The molecule has 0 aliphatic carbocycles. The zero-order valence-electron chi connectivity index (χ0n) is 16.4. The molecule has 0 bridgehead atoms. The number of fused-ring (bicyclic) bond motifs is 1. The third kappa shape index (κ3) is 4.77. The molecule has 1 aromatic heterocycles. The predicted molar refractivity (Wildman–Crippen MR) is 113 cm³/mol. The van der Waals surface area contributed by atoms with E-state index in [4.69, 9.17) is 0 Å². The molecule has 30 heavy (non-hydrogen) atoms. The van der Waals surface area contributed by atoms with Gasteiger partial charge in [-0.05, 0) is 48.9 Å². The van der Waals surface area contributed by atoms with Crippen molar-refractivity contribution in [1.82, 2.24) is 9.29 Å². The molecule has 1 N–H and O–H groups in total. The van der Waals surface area contributed by atoms with Crippen LogP contribution in [0.1, 0.15) is 5.56 Å². The number of aromatic nitrogens is 1. The minimum atomic E-state index is -3.56. The van der Waals surface area contributed by atoms with Crippen LogP contribution in [-0.2, 0) is 14.8 Å². The summed E-state index contributed by atoms with van der Waals surface area (Å²) >= 11 is 1.15. The van der Waals surface area contributed by atoms with E-state index < -0.39 is 27.6 Å². The molecular weight excluding hydrogens is 432 g/mol. The highest BCUT2D eigenvalue weighted by Crippen LogP contribution is 2.27. The number of nitrogens with one attached hydrogen (secondary N) is 1. The second kappa shape index (κ2) is 8.66. The zero-order valence-corrected chi connectivity index (χ0v) is 18.1. The van der Waals surface area contributed by atoms with Gasteiger partial charge < -0.3 is 5.32 Å². The number of thioether (sulfide) groups is 1. The molecule has 0 fully saturated rings. The average Bonchev–Trinajstić information content (AvgIpc) is 2.68. The van der Waals surface area contributed by atoms with Crippen molar-refractivity contribution < 1.29 is 22.0 Å². The van der Waals surface area contributed by atoms with Gasteiger partial charge in [0.05, 0.1) is 26.9 Å². The van der Waals surface area contributed by atoms with Gasteiger partial charge in [-0.15, -0.1) is 0 Å². The van der Waals surface area contributed by atoms with Gasteiger partial charge in [-0.1, -0.05) is 11.8 Å². The Kier molecular flexibility index (Phi) is 6.39. The lowest BCUT2D eigenvalue weighted by Crippen LogP contribution is -2.22. The number of carbonyl (C=O) groups excluding carboxylic acids is 1. The Labute approximate surface area is 177 Å². The number of hydrogen-bond donors (Lipinski definition) is 1. The van der Waals surface area contributed by atoms with Gasteiger partial charge in [0.15, 0.2) is 0 Å². The van der Waals surface area contributed by atoms with E-state index in [0.717, 1.165) is 33.8 Å². The Morgan fingerprint density at radius 3 is 2.53 bits per heavy atom. The van der Waals surface area contributed by atoms with Gasteiger partial charge in [-0.25, -0.2) is 26.5 Å². The molecule has 0 saturated heterocycles. The topological polar surface area (TPSA) is 79.4 Å². The van der Waals surface area contributed by atoms with Crippen molar-refractivity contribution in [3.05, 3.63) is 59.7 Å². The van der Waals surface area contributed by atoms with E-state index in [9.17, 15) is 22.0 Å². The Balaban J connectivity index is 1.76. The van der Waals surface area contributed by atoms with E-state index in [1.54, 1.807) is 18.2 Å². The first kappa shape index (κ1) is 22.1. The summed E-state index contributed by atoms with van der Waals surface area (Å²) in [5, 5.41) is 3.66. The molecular formula is C20H19F2N3O3S2. The van der Waals surface area contributed by atoms with Crippen molar-refractivity contribution in [3.63, 3.8) is 0 Å². The maximum Gasteiger partial charge on any atom is 0.242 e. The minimum absolute atomic E-state index is 0.0259. The van der Waals surface area contributed by atoms with E-state index in [1.165, 1.54) is 20.2 Å². The molecule has 0 aliphatic rings. The van der Waals surface area contributed by atoms with Gasteiger partial charge in [0, 0.05) is 25.5 Å². The van der Waals surface area contributed by atoms with E-state index in [1.807, 2.05) is 6.92 Å². The number of aryl methyl sites for hydroxylation is 1. The van der Waals surface area contributed by atoms with Crippen LogP contribution in [0.15, 0.2) is 52.4 Å². The van der Waals surface area contributed by atoms with Crippen molar-refractivity contribution in [2.75, 3.05) is 25.2 Å². The third-order valence-corrected chi connectivity index (χ3v) is 7.02. The summed E-state index contributed by atoms with van der Waals surface area (Å²) in [7, 11) is -0.628. The third-order valence-electron chi connectivity index (χ3n) is 4.30. The van der Waals surface area contributed by atoms with Gasteiger partial charge in [0.25, 0.3) is 0 Å². The van der Waals surface area contributed by atoms with Crippen molar-refractivity contribution in [3.8, 4) is 0 Å². The molecule has 1 amide bonds. The molecule has 0 radical (unpaired) electrons. The van der Waals surface area contributed by atoms with Crippen molar-refractivity contribution in [1.29, 1.82) is 0 Å². The van der Waals surface area contributed by atoms with Crippen LogP contribution in [0, 0.1) is 18.6 Å². The quantitative estimate of drug-likeness (QED) is 0.577. The van der Waals surface area contributed by atoms with Crippen LogP contribution in [0.4, 0.5) is 14.5 Å². The fourth-order valence-electron chi connectivity index (χ4n) is 2.70. The normalized spacial score (nSPS) is 11.8. The zero-order chi connectivity index (χ0) is 22.1. The summed E-state index contributed by atoms with van der Waals surface area (Å²) in [6.07, 6.45) is 0. The number of carbonyl (C=O) groups is 1. The van der Waals surface area contributed by atoms with Crippen LogP contribution in [-0.4, -0.2) is 43.5 Å². The molecule has 6 nitrogen and oxygen atoms in total. The summed E-state index contributed by atoms with van der Waals surface area (Å²) in [6, 6.07) is 9.35. The minimum Gasteiger partial charge on any atom is -0.323 e. The van der Waals surface area contributed by atoms with E-state index in [-0.39, 0.29) is 16.3 Å². The Morgan fingerprint density at radius 2 is 1.87 bits per heavy atom. The lowest BCUT2D eigenvalue weighted by molar-refractivity contribution is -0.113. The van der Waals surface area contributed by atoms with Gasteiger partial charge in [0.2, 0.25) is 15.9 Å². The standard InChI is InChI=1S/C20H19F2N3O3S2/c1-12-8-20(29-11-19(26)23-18-6-4-13(21)9-16(18)22)24-17-7-5-14(10-15(12)17)30(27,28)25(2)3/h4-10H,11H2,1-3H3,(H,23,26). The molecule has 158 valence electrons. The molecule has 0 saturated carbocycles. The van der Waals surface area contributed by atoms with Crippen LogP contribution in [0.2, 0.25) is 0 Å². The first-order valence-corrected chi connectivity index (χ1v) is 11.2. The number of sulfonamides is 1. The molecule has 0 aliphatic heterocycles. The molecule has 0 atom stereocenters. The fourth-order valence-corrected chi connectivity index (χ4v) is 4.41. The number of benzene rings is 2. The number of hydrogen-bond acceptors (Lipinski definition) is 5. The molecule has 2 aromatic carbocycles. The first-order valence-electron chi connectivity index (χ1n) is 8.79. The summed E-state index contributed by atoms with van der Waals surface area (Å²) < 4.78 is 52.4. The van der Waals surface area contributed by atoms with Crippen LogP contribution in [0.5, 0.6) is 0 Å². The second-order valence-electron chi connectivity index (χ2n) is 6.70. The van der Waals surface area contributed by atoms with Gasteiger partial charge in [0.1, 0.15) is 11.6 Å². The monoisotopic (exact) mass is 451 g/mol. The van der Waals surface area contributed by atoms with E-state index in [2.05, 4.69) is 10.3 Å². The van der Waals surface area contributed by atoms with E-state index in [0.29, 0.717) is 22.0 Å². The largest absolute Gasteiger partial charge is 0.323 e. The number of nitrogens with zero attached hydrogens (tertiary/aromatic N) is 2. The summed E-state index contributed by atoms with van der Waals surface area (Å²) in [6.45, 7) is 1.83. The predicted octanol–water partition coefficient (Wildman–Crippen LogP) is 3.80. The SMILES string of the molecule is Cc1cc(SCC(=O)Nc2ccc(F)cc2F)nc2ccc(S(=O)(=O)N(C)C)cc12. The van der Waals surface area contributed by atoms with Gasteiger partial charge in [-0.3, -0.25) is 4.79 Å². The Morgan fingerprint density at radius 1 is 1.13 bits per heavy atom. The molecule has 3 aromatic rings. The number of pyridine rings is 1. The number of rotatable bonds is 6. The highest BCUT2D eigenvalue weighted by Gasteiger charge is 2.18. The van der Waals surface area contributed by atoms with E-state index >= 15 is 0 Å². The number of anilines is 1. The Hall–Kier alpha value is -2.56. The summed E-state index contributed by atoms with van der Waals surface area (Å²) in [4.78, 5) is 16.7. The molecule has 10 heteroatoms. The highest BCUT2D eigenvalue weighted by molar-refractivity contribution is 7.99. The molecule has 3 rings (SSSR count). The summed E-state index contributed by atoms with van der Waals surface area (Å²) in [5.41, 5.74) is 1.31. The number of amides is 1. The lowest BCUT2D eigenvalue weighted by atomic mass is 10.1. The van der Waals surface area contributed by atoms with Crippen LogP contribution in [0.25, 0.3) is 10.9 Å². The second-order valence-corrected chi connectivity index (χ2v) is 9.85.